The summed E-state index contributed by atoms with van der Waals surface area (Å²) in [7, 11) is 0. The third-order valence-corrected chi connectivity index (χ3v) is 5.30. The Labute approximate surface area is 155 Å². The maximum absolute atomic E-state index is 4.83. The predicted molar refractivity (Wildman–Crippen MR) is 111 cm³/mol. The fourth-order valence-corrected chi connectivity index (χ4v) is 3.95. The molecule has 3 aromatic carbocycles. The van der Waals surface area contributed by atoms with Gasteiger partial charge in [0.1, 0.15) is 5.82 Å². The molecule has 2 heteroatoms. The Kier molecular flexibility index (Phi) is 5.01. The molecule has 1 unspecified atom stereocenters. The molecule has 0 saturated carbocycles. The lowest BCUT2D eigenvalue weighted by molar-refractivity contribution is 0.558. The number of hydrogen-bond acceptors (Lipinski definition) is 1. The molecule has 0 aliphatic heterocycles. The van der Waals surface area contributed by atoms with Crippen LogP contribution in [0.1, 0.15) is 49.9 Å². The topological polar surface area (TPSA) is 28.7 Å². The van der Waals surface area contributed by atoms with Gasteiger partial charge in [-0.2, -0.15) is 0 Å². The van der Waals surface area contributed by atoms with Gasteiger partial charge in [0, 0.05) is 6.42 Å². The lowest BCUT2D eigenvalue weighted by atomic mass is 9.87. The molecule has 4 aromatic rings. The van der Waals surface area contributed by atoms with Crippen molar-refractivity contribution in [3.05, 3.63) is 78.1 Å². The van der Waals surface area contributed by atoms with E-state index in [0.29, 0.717) is 5.92 Å². The molecule has 132 valence electrons. The fourth-order valence-electron chi connectivity index (χ4n) is 3.95. The van der Waals surface area contributed by atoms with Gasteiger partial charge in [-0.1, -0.05) is 80.8 Å². The fraction of sp³-hybridized carbons (Fsp3) is 0.292. The Hall–Kier alpha value is -2.61. The van der Waals surface area contributed by atoms with Crippen LogP contribution >= 0.6 is 0 Å². The second-order valence-electron chi connectivity index (χ2n) is 7.17. The Bertz CT molecular complexity index is 961. The molecule has 0 amide bonds. The summed E-state index contributed by atoms with van der Waals surface area (Å²) in [5.74, 6) is 1.59. The van der Waals surface area contributed by atoms with Gasteiger partial charge >= 0.3 is 0 Å². The van der Waals surface area contributed by atoms with Crippen molar-refractivity contribution in [2.45, 2.75) is 44.9 Å². The SMILES string of the molecule is CCCCCC(Cc1nc2ccccc2[nH]1)c1cccc2ccccc12. The molecule has 4 rings (SSSR count). The molecule has 0 spiro atoms. The number of fused-ring (bicyclic) bond motifs is 2. The molecule has 26 heavy (non-hydrogen) atoms. The molecule has 0 saturated heterocycles. The van der Waals surface area contributed by atoms with E-state index in [0.717, 1.165) is 23.3 Å². The third kappa shape index (κ3) is 3.50. The van der Waals surface area contributed by atoms with Crippen molar-refractivity contribution in [2.24, 2.45) is 0 Å². The van der Waals surface area contributed by atoms with Crippen LogP contribution in [0.15, 0.2) is 66.7 Å². The summed E-state index contributed by atoms with van der Waals surface area (Å²) in [5, 5.41) is 2.71. The van der Waals surface area contributed by atoms with Crippen LogP contribution in [0.2, 0.25) is 0 Å². The first-order valence-corrected chi connectivity index (χ1v) is 9.76. The second kappa shape index (κ2) is 7.74. The first-order valence-electron chi connectivity index (χ1n) is 9.76. The molecule has 1 aromatic heterocycles. The van der Waals surface area contributed by atoms with Crippen LogP contribution in [-0.4, -0.2) is 9.97 Å². The van der Waals surface area contributed by atoms with Crippen LogP contribution in [0.25, 0.3) is 21.8 Å². The monoisotopic (exact) mass is 342 g/mol. The van der Waals surface area contributed by atoms with Gasteiger partial charge in [0.15, 0.2) is 0 Å². The number of nitrogens with zero attached hydrogens (tertiary/aromatic N) is 1. The van der Waals surface area contributed by atoms with Crippen LogP contribution < -0.4 is 0 Å². The lowest BCUT2D eigenvalue weighted by Crippen LogP contribution is -2.05. The molecule has 1 N–H and O–H groups in total. The van der Waals surface area contributed by atoms with Crippen molar-refractivity contribution in [2.75, 3.05) is 0 Å². The average molecular weight is 342 g/mol. The number of hydrogen-bond donors (Lipinski definition) is 1. The van der Waals surface area contributed by atoms with E-state index < -0.39 is 0 Å². The van der Waals surface area contributed by atoms with E-state index in [1.54, 1.807) is 0 Å². The highest BCUT2D eigenvalue weighted by Crippen LogP contribution is 2.32. The molecule has 1 atom stereocenters. The Morgan fingerprint density at radius 1 is 0.885 bits per heavy atom. The normalized spacial score (nSPS) is 12.7. The molecule has 0 bridgehead atoms. The Balaban J connectivity index is 1.69. The van der Waals surface area contributed by atoms with Gasteiger partial charge in [-0.15, -0.1) is 0 Å². The maximum Gasteiger partial charge on any atom is 0.107 e. The zero-order valence-electron chi connectivity index (χ0n) is 15.4. The van der Waals surface area contributed by atoms with Crippen molar-refractivity contribution in [1.29, 1.82) is 0 Å². The van der Waals surface area contributed by atoms with Gasteiger partial charge in [-0.25, -0.2) is 4.98 Å². The van der Waals surface area contributed by atoms with Gasteiger partial charge in [0.2, 0.25) is 0 Å². The summed E-state index contributed by atoms with van der Waals surface area (Å²) in [6.45, 7) is 2.27. The Morgan fingerprint density at radius 2 is 1.69 bits per heavy atom. The summed E-state index contributed by atoms with van der Waals surface area (Å²) < 4.78 is 0. The van der Waals surface area contributed by atoms with E-state index in [9.17, 15) is 0 Å². The summed E-state index contributed by atoms with van der Waals surface area (Å²) in [4.78, 5) is 8.35. The van der Waals surface area contributed by atoms with Crippen molar-refractivity contribution < 1.29 is 0 Å². The van der Waals surface area contributed by atoms with Gasteiger partial charge in [-0.05, 0) is 40.8 Å². The number of imidazole rings is 1. The first-order chi connectivity index (χ1) is 12.8. The largest absolute Gasteiger partial charge is 0.342 e. The number of rotatable bonds is 7. The zero-order chi connectivity index (χ0) is 17.8. The second-order valence-corrected chi connectivity index (χ2v) is 7.17. The highest BCUT2D eigenvalue weighted by Gasteiger charge is 2.17. The van der Waals surface area contributed by atoms with Crippen molar-refractivity contribution in [3.8, 4) is 0 Å². The van der Waals surface area contributed by atoms with E-state index in [-0.39, 0.29) is 0 Å². The minimum absolute atomic E-state index is 0.494. The van der Waals surface area contributed by atoms with E-state index in [1.807, 2.05) is 0 Å². The highest BCUT2D eigenvalue weighted by atomic mass is 14.9. The molecule has 0 radical (unpaired) electrons. The predicted octanol–water partition coefficient (Wildman–Crippen LogP) is 6.62. The maximum atomic E-state index is 4.83. The van der Waals surface area contributed by atoms with Crippen LogP contribution in [0.5, 0.6) is 0 Å². The minimum atomic E-state index is 0.494. The van der Waals surface area contributed by atoms with E-state index in [4.69, 9.17) is 4.98 Å². The van der Waals surface area contributed by atoms with Gasteiger partial charge in [-0.3, -0.25) is 0 Å². The number of aromatic amines is 1. The van der Waals surface area contributed by atoms with Gasteiger partial charge < -0.3 is 4.98 Å². The van der Waals surface area contributed by atoms with Crippen LogP contribution in [-0.2, 0) is 6.42 Å². The standard InChI is InChI=1S/C24H26N2/c1-2-3-4-11-19(17-24-25-22-15-7-8-16-23(22)26-24)21-14-9-12-18-10-5-6-13-20(18)21/h5-10,12-16,19H,2-4,11,17H2,1H3,(H,25,26). The molecule has 1 heterocycles. The third-order valence-electron chi connectivity index (χ3n) is 5.30. The molecule has 0 fully saturated rings. The summed E-state index contributed by atoms with van der Waals surface area (Å²) >= 11 is 0. The van der Waals surface area contributed by atoms with Crippen LogP contribution in [0.3, 0.4) is 0 Å². The zero-order valence-corrected chi connectivity index (χ0v) is 15.4. The van der Waals surface area contributed by atoms with E-state index >= 15 is 0 Å². The molecule has 2 nitrogen and oxygen atoms in total. The number of unbranched alkanes of at least 4 members (excludes halogenated alkanes) is 2. The number of nitrogens with one attached hydrogen (secondary N) is 1. The number of H-pyrrole nitrogens is 1. The molecule has 0 aliphatic rings. The van der Waals surface area contributed by atoms with Gasteiger partial charge in [0.05, 0.1) is 11.0 Å². The van der Waals surface area contributed by atoms with Crippen molar-refractivity contribution in [3.63, 3.8) is 0 Å². The number of para-hydroxylation sites is 2. The summed E-state index contributed by atoms with van der Waals surface area (Å²) in [5.41, 5.74) is 3.65. The van der Waals surface area contributed by atoms with Crippen LogP contribution in [0.4, 0.5) is 0 Å². The number of aromatic nitrogens is 2. The summed E-state index contributed by atoms with van der Waals surface area (Å²) in [6.07, 6.45) is 5.99. The Morgan fingerprint density at radius 3 is 2.58 bits per heavy atom. The minimum Gasteiger partial charge on any atom is -0.342 e. The lowest BCUT2D eigenvalue weighted by Gasteiger charge is -2.18. The average Bonchev–Trinajstić information content (AvgIpc) is 3.09. The van der Waals surface area contributed by atoms with E-state index in [1.165, 1.54) is 42.0 Å². The first kappa shape index (κ1) is 16.8. The van der Waals surface area contributed by atoms with Crippen molar-refractivity contribution in [1.82, 2.24) is 9.97 Å². The van der Waals surface area contributed by atoms with Gasteiger partial charge in [0.25, 0.3) is 0 Å². The smallest absolute Gasteiger partial charge is 0.107 e. The van der Waals surface area contributed by atoms with Crippen molar-refractivity contribution >= 4 is 21.8 Å². The highest BCUT2D eigenvalue weighted by molar-refractivity contribution is 5.86. The quantitative estimate of drug-likeness (QED) is 0.375. The molecule has 0 aliphatic carbocycles. The van der Waals surface area contributed by atoms with Crippen LogP contribution in [0, 0.1) is 0 Å². The summed E-state index contributed by atoms with van der Waals surface area (Å²) in [6, 6.07) is 23.8. The molecular weight excluding hydrogens is 316 g/mol. The molecular formula is C24H26N2. The van der Waals surface area contributed by atoms with E-state index in [2.05, 4.69) is 78.6 Å². The number of benzene rings is 3.